The number of nitriles is 1. The number of urea groups is 1. The van der Waals surface area contributed by atoms with Gasteiger partial charge in [0.15, 0.2) is 0 Å². The van der Waals surface area contributed by atoms with E-state index in [4.69, 9.17) is 5.73 Å². The number of rotatable bonds is 5. The molecule has 1 aromatic heterocycles. The minimum Gasteiger partial charge on any atom is -0.389 e. The number of fused-ring (bicyclic) bond motifs is 2. The summed E-state index contributed by atoms with van der Waals surface area (Å²) >= 11 is 1.58. The topological polar surface area (TPSA) is 88.6 Å². The highest BCUT2D eigenvalue weighted by molar-refractivity contribution is 7.16. The van der Waals surface area contributed by atoms with Gasteiger partial charge in [0.1, 0.15) is 11.1 Å². The molecule has 0 radical (unpaired) electrons. The van der Waals surface area contributed by atoms with Crippen molar-refractivity contribution in [2.24, 2.45) is 5.92 Å². The van der Waals surface area contributed by atoms with Gasteiger partial charge in [-0.1, -0.05) is 6.42 Å². The summed E-state index contributed by atoms with van der Waals surface area (Å²) in [7, 11) is 2.16. The van der Waals surface area contributed by atoms with Crippen LogP contribution < -0.4 is 11.1 Å². The second kappa shape index (κ2) is 9.76. The molecule has 2 fully saturated rings. The summed E-state index contributed by atoms with van der Waals surface area (Å²) in [5.74, 6) is 0.445. The van der Waals surface area contributed by atoms with Crippen LogP contribution in [-0.2, 0) is 12.8 Å². The van der Waals surface area contributed by atoms with Gasteiger partial charge in [0, 0.05) is 43.1 Å². The number of likely N-dealkylation sites (N-methyl/N-ethyl adjacent to an activating group) is 2. The standard InChI is InChI=1S/C23H36N6OS/c1-3-29(10-9-28-7-5-4-6-8-28)23(30)26-17-11-16-12-18-19(14-24)22(25)31-21(18)13-20(16)27(2)15-17/h16-17,20H,3-13,15,25H2,1-2H3,(H,26,30). The molecule has 2 aliphatic heterocycles. The Hall–Kier alpha value is -1.82. The zero-order valence-electron chi connectivity index (χ0n) is 18.9. The molecule has 3 N–H and O–H groups in total. The van der Waals surface area contributed by atoms with Crippen LogP contribution in [0.15, 0.2) is 0 Å². The Morgan fingerprint density at radius 1 is 1.32 bits per heavy atom. The maximum Gasteiger partial charge on any atom is 0.317 e. The van der Waals surface area contributed by atoms with Crippen molar-refractivity contribution in [2.45, 2.75) is 57.5 Å². The van der Waals surface area contributed by atoms with Gasteiger partial charge in [-0.05, 0) is 70.6 Å². The number of anilines is 1. The number of nitrogens with zero attached hydrogens (tertiary/aromatic N) is 4. The van der Waals surface area contributed by atoms with Gasteiger partial charge < -0.3 is 25.8 Å². The summed E-state index contributed by atoms with van der Waals surface area (Å²) in [6.07, 6.45) is 6.70. The van der Waals surface area contributed by atoms with E-state index >= 15 is 0 Å². The fraction of sp³-hybridized carbons (Fsp3) is 0.739. The molecule has 170 valence electrons. The fourth-order valence-corrected chi connectivity index (χ4v) is 6.79. The number of hydrogen-bond acceptors (Lipinski definition) is 6. The molecule has 1 aromatic rings. The molecule has 8 heteroatoms. The SMILES string of the molecule is CCN(CCN1CCCCC1)C(=O)NC1CC2Cc3c(sc(N)c3C#N)CC2N(C)C1. The zero-order chi connectivity index (χ0) is 22.0. The van der Waals surface area contributed by atoms with Crippen LogP contribution in [-0.4, -0.2) is 79.1 Å². The number of thiophene rings is 1. The predicted octanol–water partition coefficient (Wildman–Crippen LogP) is 2.51. The summed E-state index contributed by atoms with van der Waals surface area (Å²) in [4.78, 5) is 21.1. The van der Waals surface area contributed by atoms with Gasteiger partial charge in [0.25, 0.3) is 0 Å². The molecule has 2 amide bonds. The second-order valence-electron chi connectivity index (χ2n) is 9.39. The number of piperidine rings is 2. The molecular weight excluding hydrogens is 408 g/mol. The van der Waals surface area contributed by atoms with Crippen molar-refractivity contribution < 1.29 is 4.79 Å². The van der Waals surface area contributed by atoms with Gasteiger partial charge in [0.05, 0.1) is 5.56 Å². The Kier molecular flexibility index (Phi) is 7.05. The van der Waals surface area contributed by atoms with Crippen molar-refractivity contribution in [3.05, 3.63) is 16.0 Å². The van der Waals surface area contributed by atoms with Crippen LogP contribution in [0.5, 0.6) is 0 Å². The Morgan fingerprint density at radius 3 is 2.81 bits per heavy atom. The van der Waals surface area contributed by atoms with Crippen molar-refractivity contribution in [2.75, 3.05) is 52.0 Å². The first-order valence-corrected chi connectivity index (χ1v) is 12.6. The summed E-state index contributed by atoms with van der Waals surface area (Å²) in [6, 6.07) is 2.98. The largest absolute Gasteiger partial charge is 0.389 e. The normalized spacial score (nSPS) is 26.5. The Bertz CT molecular complexity index is 827. The molecule has 3 unspecified atom stereocenters. The number of nitrogen functional groups attached to an aromatic ring is 1. The van der Waals surface area contributed by atoms with E-state index < -0.39 is 0 Å². The third-order valence-corrected chi connectivity index (χ3v) is 8.51. The summed E-state index contributed by atoms with van der Waals surface area (Å²) in [6.45, 7) is 7.75. The number of nitrogens with one attached hydrogen (secondary N) is 1. The third kappa shape index (κ3) is 4.84. The van der Waals surface area contributed by atoms with Crippen molar-refractivity contribution >= 4 is 22.4 Å². The molecule has 31 heavy (non-hydrogen) atoms. The highest BCUT2D eigenvalue weighted by Gasteiger charge is 2.40. The Labute approximate surface area is 190 Å². The maximum atomic E-state index is 13.0. The first-order valence-electron chi connectivity index (χ1n) is 11.8. The van der Waals surface area contributed by atoms with Crippen LogP contribution in [0.25, 0.3) is 0 Å². The van der Waals surface area contributed by atoms with Gasteiger partial charge in [-0.15, -0.1) is 11.3 Å². The molecule has 3 atom stereocenters. The Morgan fingerprint density at radius 2 is 2.10 bits per heavy atom. The number of hydrogen-bond donors (Lipinski definition) is 2. The molecule has 4 rings (SSSR count). The van der Waals surface area contributed by atoms with E-state index in [0.29, 0.717) is 22.5 Å². The number of amides is 2. The molecule has 0 spiro atoms. The first-order chi connectivity index (χ1) is 15.0. The van der Waals surface area contributed by atoms with Crippen LogP contribution in [0.2, 0.25) is 0 Å². The molecule has 3 aliphatic rings. The quantitative estimate of drug-likeness (QED) is 0.728. The van der Waals surface area contributed by atoms with Crippen LogP contribution >= 0.6 is 11.3 Å². The first kappa shape index (κ1) is 22.4. The lowest BCUT2D eigenvalue weighted by molar-refractivity contribution is 0.0864. The average Bonchev–Trinajstić information content (AvgIpc) is 3.07. The van der Waals surface area contributed by atoms with Crippen LogP contribution in [0.4, 0.5) is 9.80 Å². The fourth-order valence-electron chi connectivity index (χ4n) is 5.69. The zero-order valence-corrected chi connectivity index (χ0v) is 19.7. The van der Waals surface area contributed by atoms with E-state index in [1.165, 1.54) is 24.1 Å². The lowest BCUT2D eigenvalue weighted by Crippen LogP contribution is -2.58. The minimum absolute atomic E-state index is 0.0605. The maximum absolute atomic E-state index is 13.0. The van der Waals surface area contributed by atoms with E-state index in [2.05, 4.69) is 35.2 Å². The van der Waals surface area contributed by atoms with E-state index in [-0.39, 0.29) is 12.1 Å². The summed E-state index contributed by atoms with van der Waals surface area (Å²) in [5.41, 5.74) is 7.93. The van der Waals surface area contributed by atoms with Crippen LogP contribution in [0.3, 0.4) is 0 Å². The molecule has 3 heterocycles. The highest BCUT2D eigenvalue weighted by Crippen LogP contribution is 2.41. The monoisotopic (exact) mass is 444 g/mol. The molecule has 0 bridgehead atoms. The third-order valence-electron chi connectivity index (χ3n) is 7.43. The van der Waals surface area contributed by atoms with E-state index in [9.17, 15) is 10.1 Å². The molecule has 0 saturated carbocycles. The second-order valence-corrected chi connectivity index (χ2v) is 10.5. The molecular formula is C23H36N6OS. The molecule has 2 saturated heterocycles. The molecule has 1 aliphatic carbocycles. The number of likely N-dealkylation sites (tertiary alicyclic amines) is 2. The smallest absolute Gasteiger partial charge is 0.317 e. The molecule has 7 nitrogen and oxygen atoms in total. The number of carbonyl (C=O) groups excluding carboxylic acids is 1. The van der Waals surface area contributed by atoms with Crippen molar-refractivity contribution in [3.8, 4) is 6.07 Å². The van der Waals surface area contributed by atoms with Crippen LogP contribution in [0, 0.1) is 17.2 Å². The van der Waals surface area contributed by atoms with Crippen molar-refractivity contribution in [1.29, 1.82) is 5.26 Å². The van der Waals surface area contributed by atoms with E-state index in [1.54, 1.807) is 11.3 Å². The average molecular weight is 445 g/mol. The summed E-state index contributed by atoms with van der Waals surface area (Å²) in [5, 5.41) is 13.5. The van der Waals surface area contributed by atoms with Crippen molar-refractivity contribution in [3.63, 3.8) is 0 Å². The van der Waals surface area contributed by atoms with Crippen molar-refractivity contribution in [1.82, 2.24) is 20.0 Å². The number of carbonyl (C=O) groups is 1. The number of nitrogens with two attached hydrogens (primary N) is 1. The lowest BCUT2D eigenvalue weighted by atomic mass is 9.76. The predicted molar refractivity (Wildman–Crippen MR) is 125 cm³/mol. The van der Waals surface area contributed by atoms with Gasteiger partial charge in [-0.3, -0.25) is 0 Å². The van der Waals surface area contributed by atoms with Gasteiger partial charge in [-0.25, -0.2) is 4.79 Å². The summed E-state index contributed by atoms with van der Waals surface area (Å²) < 4.78 is 0. The van der Waals surface area contributed by atoms with E-state index in [0.717, 1.165) is 64.1 Å². The van der Waals surface area contributed by atoms with Gasteiger partial charge in [-0.2, -0.15) is 5.26 Å². The lowest BCUT2D eigenvalue weighted by Gasteiger charge is -2.45. The van der Waals surface area contributed by atoms with E-state index in [1.807, 2.05) is 4.90 Å². The Balaban J connectivity index is 1.35. The molecule has 0 aromatic carbocycles. The minimum atomic E-state index is 0.0605. The van der Waals surface area contributed by atoms with Gasteiger partial charge in [0.2, 0.25) is 0 Å². The van der Waals surface area contributed by atoms with Crippen LogP contribution in [0.1, 0.15) is 48.6 Å². The van der Waals surface area contributed by atoms with Gasteiger partial charge >= 0.3 is 6.03 Å². The highest BCUT2D eigenvalue weighted by atomic mass is 32.1.